The van der Waals surface area contributed by atoms with Crippen LogP contribution < -0.4 is 15.4 Å². The molecule has 5 nitrogen and oxygen atoms in total. The molecule has 2 N–H and O–H groups in total. The molecule has 2 atom stereocenters. The number of nitrogens with zero attached hydrogens (tertiary/aromatic N) is 1. The molecule has 0 bridgehead atoms. The van der Waals surface area contributed by atoms with Crippen molar-refractivity contribution in [1.29, 1.82) is 0 Å². The van der Waals surface area contributed by atoms with Crippen molar-refractivity contribution in [3.05, 3.63) is 18.3 Å². The monoisotopic (exact) mass is 349 g/mol. The zero-order chi connectivity index (χ0) is 17.7. The number of ether oxygens (including phenoxy) is 1. The maximum absolute atomic E-state index is 12.8. The van der Waals surface area contributed by atoms with E-state index in [1.165, 1.54) is 18.3 Å². The predicted molar refractivity (Wildman–Crippen MR) is 79.5 cm³/mol. The van der Waals surface area contributed by atoms with Crippen molar-refractivity contribution in [3.63, 3.8) is 0 Å². The maximum atomic E-state index is 12.8. The molecule has 2 rings (SSSR count). The van der Waals surface area contributed by atoms with Gasteiger partial charge in [-0.3, -0.25) is 4.79 Å². The number of aromatic nitrogens is 1. The number of piperidine rings is 1. The molecule has 0 spiro atoms. The highest BCUT2D eigenvalue weighted by Gasteiger charge is 2.41. The van der Waals surface area contributed by atoms with Crippen molar-refractivity contribution < 1.29 is 27.1 Å². The van der Waals surface area contributed by atoms with E-state index in [0.717, 1.165) is 19.4 Å². The van der Waals surface area contributed by atoms with Gasteiger partial charge >= 0.3 is 12.3 Å². The first-order valence-electron chi connectivity index (χ1n) is 7.57. The summed E-state index contributed by atoms with van der Waals surface area (Å²) in [5.74, 6) is -4.70. The van der Waals surface area contributed by atoms with E-state index in [1.54, 1.807) is 0 Å². The summed E-state index contributed by atoms with van der Waals surface area (Å²) < 4.78 is 54.1. The number of hydrogen-bond acceptors (Lipinski definition) is 4. The summed E-state index contributed by atoms with van der Waals surface area (Å²) in [6.07, 6.45) is -1.11. The van der Waals surface area contributed by atoms with Crippen LogP contribution in [0.2, 0.25) is 0 Å². The van der Waals surface area contributed by atoms with Gasteiger partial charge in [-0.05, 0) is 32.4 Å². The summed E-state index contributed by atoms with van der Waals surface area (Å²) in [6, 6.07) is 2.92. The van der Waals surface area contributed by atoms with Crippen LogP contribution in [-0.4, -0.2) is 42.4 Å². The molecule has 1 aromatic rings. The van der Waals surface area contributed by atoms with E-state index in [0.29, 0.717) is 5.69 Å². The van der Waals surface area contributed by atoms with Crippen molar-refractivity contribution in [2.45, 2.75) is 38.2 Å². The Hall–Kier alpha value is -1.90. The van der Waals surface area contributed by atoms with Crippen molar-refractivity contribution in [3.8, 4) is 5.88 Å². The van der Waals surface area contributed by atoms with Crippen LogP contribution in [0.5, 0.6) is 5.88 Å². The molecular weight excluding hydrogens is 330 g/mol. The van der Waals surface area contributed by atoms with Crippen LogP contribution in [0, 0.1) is 5.92 Å². The van der Waals surface area contributed by atoms with Gasteiger partial charge < -0.3 is 15.4 Å². The third-order valence-corrected chi connectivity index (χ3v) is 3.73. The molecule has 1 aliphatic rings. The Morgan fingerprint density at radius 1 is 1.50 bits per heavy atom. The smallest absolute Gasteiger partial charge is 0.340 e. The molecule has 134 valence electrons. The molecule has 1 amide bonds. The number of halogens is 4. The van der Waals surface area contributed by atoms with Crippen LogP contribution in [0.15, 0.2) is 18.3 Å². The number of rotatable bonds is 6. The Bertz CT molecular complexity index is 554. The quantitative estimate of drug-likeness (QED) is 0.775. The second kappa shape index (κ2) is 7.78. The average Bonchev–Trinajstić information content (AvgIpc) is 2.54. The van der Waals surface area contributed by atoms with Gasteiger partial charge in [0.1, 0.15) is 0 Å². The normalized spacial score (nSPS) is 21.6. The van der Waals surface area contributed by atoms with Gasteiger partial charge in [-0.2, -0.15) is 8.78 Å². The Labute approximate surface area is 136 Å². The van der Waals surface area contributed by atoms with Crippen LogP contribution in [0.4, 0.5) is 23.2 Å². The van der Waals surface area contributed by atoms with Gasteiger partial charge in [0.15, 0.2) is 6.61 Å². The van der Waals surface area contributed by atoms with E-state index in [1.807, 2.05) is 6.92 Å². The highest BCUT2D eigenvalue weighted by molar-refractivity contribution is 5.92. The topological polar surface area (TPSA) is 63.2 Å². The molecule has 1 fully saturated rings. The minimum absolute atomic E-state index is 0.109. The Morgan fingerprint density at radius 3 is 2.83 bits per heavy atom. The van der Waals surface area contributed by atoms with Crippen molar-refractivity contribution in [2.75, 3.05) is 18.5 Å². The van der Waals surface area contributed by atoms with Crippen LogP contribution in [-0.2, 0) is 4.79 Å². The number of hydrogen-bond donors (Lipinski definition) is 2. The summed E-state index contributed by atoms with van der Waals surface area (Å²) in [5.41, 5.74) is 0.388. The second-order valence-corrected chi connectivity index (χ2v) is 5.80. The molecule has 1 saturated heterocycles. The van der Waals surface area contributed by atoms with Crippen molar-refractivity contribution >= 4 is 11.6 Å². The molecule has 1 aromatic heterocycles. The summed E-state index contributed by atoms with van der Waals surface area (Å²) in [6.45, 7) is 1.31. The maximum Gasteiger partial charge on any atom is 0.340 e. The number of anilines is 1. The summed E-state index contributed by atoms with van der Waals surface area (Å²) in [5, 5.41) is 5.95. The zero-order valence-corrected chi connectivity index (χ0v) is 13.1. The van der Waals surface area contributed by atoms with Crippen molar-refractivity contribution in [2.24, 2.45) is 5.92 Å². The lowest BCUT2D eigenvalue weighted by Crippen LogP contribution is -2.40. The van der Waals surface area contributed by atoms with Crippen LogP contribution in [0.25, 0.3) is 0 Å². The third-order valence-electron chi connectivity index (χ3n) is 3.73. The minimum Gasteiger partial charge on any atom is -0.471 e. The highest BCUT2D eigenvalue weighted by atomic mass is 19.3. The van der Waals surface area contributed by atoms with Gasteiger partial charge in [0.2, 0.25) is 11.8 Å². The standard InChI is InChI=1S/C15H19F4N3O2/c1-9-6-10(4-5-20-9)13(23)22-11-2-3-12(21-7-11)24-8-15(18,19)14(16)17/h2-3,7,9-10,14,20H,4-6,8H2,1H3,(H,22,23)/t9-,10-/m0/s1. The largest absolute Gasteiger partial charge is 0.471 e. The molecule has 0 radical (unpaired) electrons. The highest BCUT2D eigenvalue weighted by Crippen LogP contribution is 2.24. The second-order valence-electron chi connectivity index (χ2n) is 5.80. The van der Waals surface area contributed by atoms with Gasteiger partial charge in [0, 0.05) is 18.0 Å². The Morgan fingerprint density at radius 2 is 2.25 bits per heavy atom. The zero-order valence-electron chi connectivity index (χ0n) is 13.1. The van der Waals surface area contributed by atoms with E-state index in [-0.39, 0.29) is 23.7 Å². The minimum atomic E-state index is -4.24. The van der Waals surface area contributed by atoms with Gasteiger partial charge in [0.25, 0.3) is 0 Å². The molecule has 0 unspecified atom stereocenters. The van der Waals surface area contributed by atoms with E-state index in [2.05, 4.69) is 20.4 Å². The number of pyridine rings is 1. The van der Waals surface area contributed by atoms with E-state index in [9.17, 15) is 22.4 Å². The lowest BCUT2D eigenvalue weighted by atomic mass is 9.92. The third kappa shape index (κ3) is 5.05. The predicted octanol–water partition coefficient (Wildman–Crippen LogP) is 2.69. The van der Waals surface area contributed by atoms with E-state index >= 15 is 0 Å². The molecule has 1 aliphatic heterocycles. The Kier molecular flexibility index (Phi) is 5.98. The van der Waals surface area contributed by atoms with Gasteiger partial charge in [0.05, 0.1) is 11.9 Å². The Balaban J connectivity index is 1.86. The van der Waals surface area contributed by atoms with Gasteiger partial charge in [-0.25, -0.2) is 13.8 Å². The summed E-state index contributed by atoms with van der Waals surface area (Å²) in [4.78, 5) is 15.9. The van der Waals surface area contributed by atoms with Crippen molar-refractivity contribution in [1.82, 2.24) is 10.3 Å². The molecule has 24 heavy (non-hydrogen) atoms. The number of nitrogens with one attached hydrogen (secondary N) is 2. The molecular formula is C15H19F4N3O2. The van der Waals surface area contributed by atoms with E-state index in [4.69, 9.17) is 0 Å². The molecule has 0 saturated carbocycles. The summed E-state index contributed by atoms with van der Waals surface area (Å²) in [7, 11) is 0. The lowest BCUT2D eigenvalue weighted by Gasteiger charge is -2.27. The summed E-state index contributed by atoms with van der Waals surface area (Å²) >= 11 is 0. The molecule has 0 aromatic carbocycles. The van der Waals surface area contributed by atoms with E-state index < -0.39 is 19.0 Å². The fourth-order valence-electron chi connectivity index (χ4n) is 2.39. The lowest BCUT2D eigenvalue weighted by molar-refractivity contribution is -0.148. The first kappa shape index (κ1) is 18.4. The number of carbonyl (C=O) groups is 1. The number of carbonyl (C=O) groups excluding carboxylic acids is 1. The number of amides is 1. The number of alkyl halides is 4. The SMILES string of the molecule is C[C@H]1C[C@@H](C(=O)Nc2ccc(OCC(F)(F)C(F)F)nc2)CCN1. The van der Waals surface area contributed by atoms with Gasteiger partial charge in [-0.15, -0.1) is 0 Å². The fourth-order valence-corrected chi connectivity index (χ4v) is 2.39. The molecule has 2 heterocycles. The van der Waals surface area contributed by atoms with Crippen LogP contribution in [0.3, 0.4) is 0 Å². The first-order valence-corrected chi connectivity index (χ1v) is 7.57. The van der Waals surface area contributed by atoms with Crippen LogP contribution >= 0.6 is 0 Å². The molecule has 0 aliphatic carbocycles. The van der Waals surface area contributed by atoms with Crippen LogP contribution in [0.1, 0.15) is 19.8 Å². The van der Waals surface area contributed by atoms with Gasteiger partial charge in [-0.1, -0.05) is 0 Å². The first-order chi connectivity index (χ1) is 11.3. The molecule has 9 heteroatoms. The fraction of sp³-hybridized carbons (Fsp3) is 0.600. The average molecular weight is 349 g/mol.